The number of carbonyl (C=O) groups is 1. The van der Waals surface area contributed by atoms with Crippen LogP contribution in [0.5, 0.6) is 0 Å². The number of nitrogens with zero attached hydrogens (tertiary/aromatic N) is 1. The van der Waals surface area contributed by atoms with Crippen molar-refractivity contribution in [3.05, 3.63) is 16.1 Å². The molecule has 0 bridgehead atoms. The lowest BCUT2D eigenvalue weighted by molar-refractivity contribution is 0.0187. The van der Waals surface area contributed by atoms with E-state index in [0.717, 1.165) is 5.01 Å². The third-order valence-electron chi connectivity index (χ3n) is 1.39. The highest BCUT2D eigenvalue weighted by Gasteiger charge is 2.03. The second kappa shape index (κ2) is 5.77. The number of halogens is 2. The Kier molecular flexibility index (Phi) is 4.61. The normalized spacial score (nSPS) is 10.8. The second-order valence-corrected chi connectivity index (χ2v) is 3.64. The Morgan fingerprint density at radius 1 is 1.64 bits per heavy atom. The molecule has 0 saturated carbocycles. The number of thiazole rings is 1. The maximum atomic E-state index is 11.6. The van der Waals surface area contributed by atoms with E-state index in [1.54, 1.807) is 0 Å². The lowest BCUT2D eigenvalue weighted by Crippen LogP contribution is -2.06. The van der Waals surface area contributed by atoms with E-state index in [1.807, 2.05) is 0 Å². The molecule has 0 aliphatic carbocycles. The van der Waals surface area contributed by atoms with Crippen LogP contribution in [0.4, 0.5) is 8.78 Å². The highest BCUT2D eigenvalue weighted by atomic mass is 32.1. The average molecular weight is 221 g/mol. The summed E-state index contributed by atoms with van der Waals surface area (Å²) in [5.41, 5.74) is 0. The van der Waals surface area contributed by atoms with Crippen molar-refractivity contribution in [3.8, 4) is 0 Å². The molecule has 0 N–H and O–H groups in total. The van der Waals surface area contributed by atoms with E-state index in [1.165, 1.54) is 17.5 Å². The molecule has 6 heteroatoms. The Balaban J connectivity index is 2.21. The smallest absolute Gasteiger partial charge is 0.261 e. The van der Waals surface area contributed by atoms with Gasteiger partial charge in [-0.25, -0.2) is 13.8 Å². The maximum absolute atomic E-state index is 11.6. The summed E-state index contributed by atoms with van der Waals surface area (Å²) in [5, 5.41) is 0.723. The zero-order valence-electron chi connectivity index (χ0n) is 7.28. The van der Waals surface area contributed by atoms with Crippen LogP contribution >= 0.6 is 11.3 Å². The van der Waals surface area contributed by atoms with Crippen molar-refractivity contribution in [1.82, 2.24) is 4.98 Å². The van der Waals surface area contributed by atoms with Gasteiger partial charge in [0.2, 0.25) is 0 Å². The molecular weight excluding hydrogens is 212 g/mol. The van der Waals surface area contributed by atoms with E-state index in [0.29, 0.717) is 17.6 Å². The fourth-order valence-electron chi connectivity index (χ4n) is 0.826. The SMILES string of the molecule is O=Cc1cnc(CCOCC(F)F)s1. The van der Waals surface area contributed by atoms with Crippen LogP contribution in [0, 0.1) is 0 Å². The summed E-state index contributed by atoms with van der Waals surface area (Å²) in [6, 6.07) is 0. The van der Waals surface area contributed by atoms with Gasteiger partial charge in [-0.2, -0.15) is 0 Å². The fourth-order valence-corrected chi connectivity index (χ4v) is 1.54. The second-order valence-electron chi connectivity index (χ2n) is 2.49. The van der Waals surface area contributed by atoms with Crippen LogP contribution in [0.25, 0.3) is 0 Å². The summed E-state index contributed by atoms with van der Waals surface area (Å²) in [6.45, 7) is -0.345. The number of aldehydes is 1. The molecule has 0 amide bonds. The van der Waals surface area contributed by atoms with E-state index in [2.05, 4.69) is 9.72 Å². The molecule has 0 spiro atoms. The highest BCUT2D eigenvalue weighted by Crippen LogP contribution is 2.11. The van der Waals surface area contributed by atoms with Gasteiger partial charge in [-0.05, 0) is 0 Å². The Morgan fingerprint density at radius 2 is 2.43 bits per heavy atom. The van der Waals surface area contributed by atoms with Crippen LogP contribution in [0.15, 0.2) is 6.20 Å². The fraction of sp³-hybridized carbons (Fsp3) is 0.500. The van der Waals surface area contributed by atoms with Crippen LogP contribution in [0.3, 0.4) is 0 Å². The lowest BCUT2D eigenvalue weighted by Gasteiger charge is -2.00. The van der Waals surface area contributed by atoms with Gasteiger partial charge in [0.05, 0.1) is 16.5 Å². The van der Waals surface area contributed by atoms with Crippen molar-refractivity contribution >= 4 is 17.6 Å². The van der Waals surface area contributed by atoms with Crippen molar-refractivity contribution < 1.29 is 18.3 Å². The predicted molar refractivity (Wildman–Crippen MR) is 48.0 cm³/mol. The third-order valence-corrected chi connectivity index (χ3v) is 2.37. The Labute approximate surface area is 83.7 Å². The highest BCUT2D eigenvalue weighted by molar-refractivity contribution is 7.13. The first-order valence-corrected chi connectivity index (χ1v) is 4.80. The minimum Gasteiger partial charge on any atom is -0.375 e. The molecule has 0 unspecified atom stereocenters. The molecule has 3 nitrogen and oxygen atoms in total. The zero-order valence-corrected chi connectivity index (χ0v) is 8.10. The number of alkyl halides is 2. The van der Waals surface area contributed by atoms with Gasteiger partial charge < -0.3 is 4.74 Å². The maximum Gasteiger partial charge on any atom is 0.261 e. The molecule has 0 aromatic carbocycles. The Hall–Kier alpha value is -0.880. The monoisotopic (exact) mass is 221 g/mol. The number of hydrogen-bond acceptors (Lipinski definition) is 4. The summed E-state index contributed by atoms with van der Waals surface area (Å²) >= 11 is 1.25. The van der Waals surface area contributed by atoms with Crippen LogP contribution in [0.1, 0.15) is 14.7 Å². The standard InChI is InChI=1S/C8H9F2NO2S/c9-7(10)5-13-2-1-8-11-3-6(4-12)14-8/h3-4,7H,1-2,5H2. The van der Waals surface area contributed by atoms with E-state index in [4.69, 9.17) is 0 Å². The average Bonchev–Trinajstić information content (AvgIpc) is 2.60. The number of rotatable bonds is 6. The van der Waals surface area contributed by atoms with Crippen LogP contribution in [-0.2, 0) is 11.2 Å². The molecule has 78 valence electrons. The van der Waals surface area contributed by atoms with Crippen LogP contribution < -0.4 is 0 Å². The van der Waals surface area contributed by atoms with Gasteiger partial charge in [0.15, 0.2) is 6.29 Å². The largest absolute Gasteiger partial charge is 0.375 e. The van der Waals surface area contributed by atoms with Gasteiger partial charge in [0.25, 0.3) is 6.43 Å². The Morgan fingerprint density at radius 3 is 3.00 bits per heavy atom. The first kappa shape index (κ1) is 11.2. The Bertz CT molecular complexity index is 291. The van der Waals surface area contributed by atoms with Gasteiger partial charge in [0, 0.05) is 12.6 Å². The van der Waals surface area contributed by atoms with E-state index < -0.39 is 13.0 Å². The van der Waals surface area contributed by atoms with E-state index in [-0.39, 0.29) is 6.61 Å². The predicted octanol–water partition coefficient (Wildman–Crippen LogP) is 1.78. The number of hydrogen-bond donors (Lipinski definition) is 0. The minimum atomic E-state index is -2.43. The number of aromatic nitrogens is 1. The molecule has 0 atom stereocenters. The summed E-state index contributed by atoms with van der Waals surface area (Å²) in [6.07, 6.45) is 0.198. The molecule has 0 aliphatic rings. The molecule has 0 aliphatic heterocycles. The molecule has 1 aromatic heterocycles. The van der Waals surface area contributed by atoms with Crippen molar-refractivity contribution in [2.24, 2.45) is 0 Å². The molecule has 0 fully saturated rings. The summed E-state index contributed by atoms with van der Waals surface area (Å²) in [7, 11) is 0. The van der Waals surface area contributed by atoms with E-state index >= 15 is 0 Å². The summed E-state index contributed by atoms with van der Waals surface area (Å²) < 4.78 is 27.9. The number of carbonyl (C=O) groups excluding carboxylic acids is 1. The van der Waals surface area contributed by atoms with Gasteiger partial charge in [-0.1, -0.05) is 0 Å². The third kappa shape index (κ3) is 3.89. The van der Waals surface area contributed by atoms with Crippen molar-refractivity contribution in [2.45, 2.75) is 12.8 Å². The van der Waals surface area contributed by atoms with Crippen molar-refractivity contribution in [3.63, 3.8) is 0 Å². The topological polar surface area (TPSA) is 39.2 Å². The van der Waals surface area contributed by atoms with Crippen LogP contribution in [-0.4, -0.2) is 30.9 Å². The minimum absolute atomic E-state index is 0.205. The van der Waals surface area contributed by atoms with Gasteiger partial charge in [0.1, 0.15) is 6.61 Å². The van der Waals surface area contributed by atoms with E-state index in [9.17, 15) is 13.6 Å². The molecule has 1 heterocycles. The zero-order chi connectivity index (χ0) is 10.4. The summed E-state index contributed by atoms with van der Waals surface area (Å²) in [4.78, 5) is 14.7. The quantitative estimate of drug-likeness (QED) is 0.543. The first-order valence-electron chi connectivity index (χ1n) is 3.98. The van der Waals surface area contributed by atoms with Gasteiger partial charge in [-0.15, -0.1) is 11.3 Å². The molecule has 0 saturated heterocycles. The first-order chi connectivity index (χ1) is 6.72. The molecule has 14 heavy (non-hydrogen) atoms. The summed E-state index contributed by atoms with van der Waals surface area (Å²) in [5.74, 6) is 0. The lowest BCUT2D eigenvalue weighted by atomic mass is 10.5. The van der Waals surface area contributed by atoms with Gasteiger partial charge in [-0.3, -0.25) is 4.79 Å². The van der Waals surface area contributed by atoms with Gasteiger partial charge >= 0.3 is 0 Å². The van der Waals surface area contributed by atoms with Crippen molar-refractivity contribution in [1.29, 1.82) is 0 Å². The van der Waals surface area contributed by atoms with Crippen molar-refractivity contribution in [2.75, 3.05) is 13.2 Å². The number of ether oxygens (including phenoxy) is 1. The molecular formula is C8H9F2NO2S. The van der Waals surface area contributed by atoms with Crippen LogP contribution in [0.2, 0.25) is 0 Å². The molecule has 1 aromatic rings. The molecule has 1 rings (SSSR count). The molecule has 0 radical (unpaired) electrons.